The first-order valence-corrected chi connectivity index (χ1v) is 7.44. The largest absolute Gasteiger partial charge is 0.491 e. The second kappa shape index (κ2) is 7.72. The van der Waals surface area contributed by atoms with Gasteiger partial charge < -0.3 is 10.1 Å². The minimum Gasteiger partial charge on any atom is -0.491 e. The number of halogens is 2. The number of carbonyl (C=O) groups excluding carboxylic acids is 1. The number of nitrogens with one attached hydrogen (secondary N) is 1. The van der Waals surface area contributed by atoms with Crippen LogP contribution in [-0.4, -0.2) is 19.1 Å². The molecular weight excluding hydrogens is 300 g/mol. The molecule has 23 heavy (non-hydrogen) atoms. The van der Waals surface area contributed by atoms with Crippen LogP contribution < -0.4 is 10.1 Å². The Morgan fingerprint density at radius 1 is 1.13 bits per heavy atom. The molecule has 1 amide bonds. The average molecular weight is 319 g/mol. The summed E-state index contributed by atoms with van der Waals surface area (Å²) in [4.78, 5) is 11.8. The third kappa shape index (κ3) is 4.52. The molecule has 2 aromatic rings. The average Bonchev–Trinajstić information content (AvgIpc) is 2.54. The van der Waals surface area contributed by atoms with E-state index >= 15 is 0 Å². The minimum atomic E-state index is -1.04. The second-order valence-corrected chi connectivity index (χ2v) is 5.43. The van der Waals surface area contributed by atoms with E-state index in [-0.39, 0.29) is 12.1 Å². The second-order valence-electron chi connectivity index (χ2n) is 5.43. The molecule has 0 aliphatic rings. The molecule has 5 heteroatoms. The number of ether oxygens (including phenoxy) is 1. The lowest BCUT2D eigenvalue weighted by Gasteiger charge is -2.14. The number of benzene rings is 2. The number of hydrogen-bond donors (Lipinski definition) is 1. The van der Waals surface area contributed by atoms with Crippen LogP contribution in [0.1, 0.15) is 35.7 Å². The molecule has 0 heterocycles. The van der Waals surface area contributed by atoms with Gasteiger partial charge in [-0.25, -0.2) is 8.78 Å². The van der Waals surface area contributed by atoms with E-state index < -0.39 is 17.5 Å². The Morgan fingerprint density at radius 3 is 2.57 bits per heavy atom. The van der Waals surface area contributed by atoms with Crippen LogP contribution in [0.3, 0.4) is 0 Å². The molecule has 1 N–H and O–H groups in total. The first kappa shape index (κ1) is 16.9. The molecule has 0 spiro atoms. The first-order chi connectivity index (χ1) is 11.0. The smallest absolute Gasteiger partial charge is 0.251 e. The summed E-state index contributed by atoms with van der Waals surface area (Å²) in [6, 6.07) is 10.8. The Balaban J connectivity index is 1.86. The molecule has 0 aromatic heterocycles. The summed E-state index contributed by atoms with van der Waals surface area (Å²) in [7, 11) is 0. The molecule has 3 nitrogen and oxygen atoms in total. The number of para-hydroxylation sites is 1. The van der Waals surface area contributed by atoms with E-state index in [1.807, 2.05) is 24.3 Å². The van der Waals surface area contributed by atoms with Gasteiger partial charge in [-0.1, -0.05) is 32.0 Å². The zero-order valence-electron chi connectivity index (χ0n) is 13.1. The molecular formula is C18H19F2NO2. The fraction of sp³-hybridized carbons (Fsp3) is 0.278. The molecule has 122 valence electrons. The van der Waals surface area contributed by atoms with Crippen molar-refractivity contribution in [2.45, 2.75) is 19.8 Å². The van der Waals surface area contributed by atoms with Gasteiger partial charge in [-0.15, -0.1) is 0 Å². The van der Waals surface area contributed by atoms with Gasteiger partial charge in [-0.2, -0.15) is 0 Å². The molecule has 0 unspecified atom stereocenters. The van der Waals surface area contributed by atoms with Crippen molar-refractivity contribution in [2.24, 2.45) is 0 Å². The quantitative estimate of drug-likeness (QED) is 0.820. The Morgan fingerprint density at radius 2 is 1.87 bits per heavy atom. The van der Waals surface area contributed by atoms with Crippen molar-refractivity contribution in [3.05, 3.63) is 65.2 Å². The molecule has 0 aliphatic carbocycles. The Labute approximate surface area is 134 Å². The predicted molar refractivity (Wildman–Crippen MR) is 84.7 cm³/mol. The summed E-state index contributed by atoms with van der Waals surface area (Å²) >= 11 is 0. The Hall–Kier alpha value is -2.43. The van der Waals surface area contributed by atoms with Crippen molar-refractivity contribution in [3.63, 3.8) is 0 Å². The molecule has 0 aliphatic heterocycles. The summed E-state index contributed by atoms with van der Waals surface area (Å²) in [6.45, 7) is 4.71. The van der Waals surface area contributed by atoms with Crippen LogP contribution in [-0.2, 0) is 0 Å². The van der Waals surface area contributed by atoms with Gasteiger partial charge >= 0.3 is 0 Å². The fourth-order valence-electron chi connectivity index (χ4n) is 2.15. The highest BCUT2D eigenvalue weighted by atomic mass is 19.2. The third-order valence-electron chi connectivity index (χ3n) is 3.37. The van der Waals surface area contributed by atoms with Crippen molar-refractivity contribution in [3.8, 4) is 5.75 Å². The SMILES string of the molecule is CC(C)c1ccccc1OCCNC(=O)c1ccc(F)c(F)c1. The summed E-state index contributed by atoms with van der Waals surface area (Å²) in [5, 5.41) is 2.61. The van der Waals surface area contributed by atoms with Crippen molar-refractivity contribution in [1.29, 1.82) is 0 Å². The van der Waals surface area contributed by atoms with Gasteiger partial charge in [-0.3, -0.25) is 4.79 Å². The van der Waals surface area contributed by atoms with E-state index in [1.54, 1.807) is 0 Å². The van der Waals surface area contributed by atoms with Gasteiger partial charge in [0, 0.05) is 5.56 Å². The third-order valence-corrected chi connectivity index (χ3v) is 3.37. The lowest BCUT2D eigenvalue weighted by atomic mass is 10.0. The molecule has 0 saturated carbocycles. The molecule has 2 rings (SSSR count). The summed E-state index contributed by atoms with van der Waals surface area (Å²) < 4.78 is 31.6. The normalized spacial score (nSPS) is 10.7. The molecule has 0 atom stereocenters. The van der Waals surface area contributed by atoms with Crippen molar-refractivity contribution >= 4 is 5.91 Å². The summed E-state index contributed by atoms with van der Waals surface area (Å²) in [5.41, 5.74) is 1.17. The predicted octanol–water partition coefficient (Wildman–Crippen LogP) is 3.90. The topological polar surface area (TPSA) is 38.3 Å². The van der Waals surface area contributed by atoms with E-state index in [4.69, 9.17) is 4.74 Å². The van der Waals surface area contributed by atoms with E-state index in [9.17, 15) is 13.6 Å². The van der Waals surface area contributed by atoms with Crippen LogP contribution in [0.2, 0.25) is 0 Å². The maximum absolute atomic E-state index is 13.1. The highest BCUT2D eigenvalue weighted by Gasteiger charge is 2.10. The zero-order chi connectivity index (χ0) is 16.8. The van der Waals surface area contributed by atoms with Crippen LogP contribution in [0.25, 0.3) is 0 Å². The minimum absolute atomic E-state index is 0.0754. The van der Waals surface area contributed by atoms with Crippen LogP contribution in [0.4, 0.5) is 8.78 Å². The molecule has 0 saturated heterocycles. The Kier molecular flexibility index (Phi) is 5.68. The van der Waals surface area contributed by atoms with Crippen LogP contribution >= 0.6 is 0 Å². The van der Waals surface area contributed by atoms with Crippen molar-refractivity contribution in [1.82, 2.24) is 5.32 Å². The van der Waals surface area contributed by atoms with Gasteiger partial charge in [-0.05, 0) is 35.7 Å². The molecule has 0 bridgehead atoms. The van der Waals surface area contributed by atoms with Gasteiger partial charge in [0.2, 0.25) is 0 Å². The van der Waals surface area contributed by atoms with E-state index in [1.165, 1.54) is 6.07 Å². The summed E-state index contributed by atoms with van der Waals surface area (Å²) in [5.74, 6) is -1.37. The first-order valence-electron chi connectivity index (χ1n) is 7.44. The van der Waals surface area contributed by atoms with Gasteiger partial charge in [0.1, 0.15) is 12.4 Å². The van der Waals surface area contributed by atoms with Gasteiger partial charge in [0.25, 0.3) is 5.91 Å². The van der Waals surface area contributed by atoms with Crippen LogP contribution in [0.15, 0.2) is 42.5 Å². The number of hydrogen-bond acceptors (Lipinski definition) is 2. The van der Waals surface area contributed by atoms with E-state index in [2.05, 4.69) is 19.2 Å². The standard InChI is InChI=1S/C18H19F2NO2/c1-12(2)14-5-3-4-6-17(14)23-10-9-21-18(22)13-7-8-15(19)16(20)11-13/h3-8,11-12H,9-10H2,1-2H3,(H,21,22). The monoisotopic (exact) mass is 319 g/mol. The van der Waals surface area contributed by atoms with E-state index in [0.717, 1.165) is 23.4 Å². The van der Waals surface area contributed by atoms with Crippen molar-refractivity contribution < 1.29 is 18.3 Å². The molecule has 0 radical (unpaired) electrons. The molecule has 0 fully saturated rings. The Bertz CT molecular complexity index is 686. The zero-order valence-corrected chi connectivity index (χ0v) is 13.1. The van der Waals surface area contributed by atoms with Crippen LogP contribution in [0, 0.1) is 11.6 Å². The van der Waals surface area contributed by atoms with Crippen LogP contribution in [0.5, 0.6) is 5.75 Å². The maximum Gasteiger partial charge on any atom is 0.251 e. The lowest BCUT2D eigenvalue weighted by molar-refractivity contribution is 0.0946. The number of carbonyl (C=O) groups is 1. The van der Waals surface area contributed by atoms with Crippen molar-refractivity contribution in [2.75, 3.05) is 13.2 Å². The summed E-state index contributed by atoms with van der Waals surface area (Å²) in [6.07, 6.45) is 0. The maximum atomic E-state index is 13.1. The van der Waals surface area contributed by atoms with Gasteiger partial charge in [0.15, 0.2) is 11.6 Å². The fourth-order valence-corrected chi connectivity index (χ4v) is 2.15. The lowest BCUT2D eigenvalue weighted by Crippen LogP contribution is -2.28. The van der Waals surface area contributed by atoms with E-state index in [0.29, 0.717) is 12.5 Å². The number of rotatable bonds is 6. The highest BCUT2D eigenvalue weighted by molar-refractivity contribution is 5.94. The van der Waals surface area contributed by atoms with Gasteiger partial charge in [0.05, 0.1) is 6.54 Å². The molecule has 2 aromatic carbocycles. The number of amides is 1. The highest BCUT2D eigenvalue weighted by Crippen LogP contribution is 2.25.